The lowest BCUT2D eigenvalue weighted by atomic mass is 10.1. The number of hydrogen-bond acceptors (Lipinski definition) is 4. The third kappa shape index (κ3) is 5.46. The third-order valence-corrected chi connectivity index (χ3v) is 4.90. The first-order chi connectivity index (χ1) is 12.8. The number of hydrogen-bond donors (Lipinski definition) is 1. The van der Waals surface area contributed by atoms with Gasteiger partial charge < -0.3 is 15.0 Å². The fraction of sp³-hybridized carbons (Fsp3) is 0.579. The van der Waals surface area contributed by atoms with Crippen molar-refractivity contribution in [2.45, 2.75) is 31.8 Å². The number of piperidine rings is 1. The number of carbonyl (C=O) groups is 2. The Morgan fingerprint density at radius 3 is 2.70 bits per heavy atom. The van der Waals surface area contributed by atoms with E-state index >= 15 is 0 Å². The van der Waals surface area contributed by atoms with Crippen LogP contribution in [0.25, 0.3) is 0 Å². The summed E-state index contributed by atoms with van der Waals surface area (Å²) < 4.78 is 32.1. The highest BCUT2D eigenvalue weighted by Crippen LogP contribution is 2.28. The van der Waals surface area contributed by atoms with Gasteiger partial charge in [-0.25, -0.2) is 8.78 Å². The van der Waals surface area contributed by atoms with Crippen molar-refractivity contribution in [3.05, 3.63) is 29.8 Å². The quantitative estimate of drug-likeness (QED) is 0.865. The number of rotatable bonds is 4. The summed E-state index contributed by atoms with van der Waals surface area (Å²) in [7, 11) is 0. The van der Waals surface area contributed by atoms with Gasteiger partial charge in [-0.1, -0.05) is 12.1 Å². The molecule has 2 amide bonds. The number of benzene rings is 1. The smallest absolute Gasteiger partial charge is 0.253 e. The van der Waals surface area contributed by atoms with Crippen molar-refractivity contribution in [2.24, 2.45) is 0 Å². The number of alkyl halides is 2. The maximum absolute atomic E-state index is 13.3. The summed E-state index contributed by atoms with van der Waals surface area (Å²) in [4.78, 5) is 28.1. The zero-order valence-corrected chi connectivity index (χ0v) is 15.4. The molecule has 2 fully saturated rings. The maximum atomic E-state index is 13.3. The normalized spacial score (nSPS) is 23.1. The topological polar surface area (TPSA) is 61.9 Å². The van der Waals surface area contributed by atoms with Crippen LogP contribution in [0.1, 0.15) is 18.4 Å². The summed E-state index contributed by atoms with van der Waals surface area (Å²) in [5.74, 6) is -3.12. The molecular formula is C19H25F2N3O3. The van der Waals surface area contributed by atoms with Crippen LogP contribution in [-0.4, -0.2) is 73.0 Å². The molecule has 8 heteroatoms. The van der Waals surface area contributed by atoms with E-state index < -0.39 is 12.0 Å². The summed E-state index contributed by atoms with van der Waals surface area (Å²) in [6.07, 6.45) is -1.33. The minimum Gasteiger partial charge on any atom is -0.366 e. The van der Waals surface area contributed by atoms with Gasteiger partial charge in [0.2, 0.25) is 5.91 Å². The highest BCUT2D eigenvalue weighted by Gasteiger charge is 2.38. The van der Waals surface area contributed by atoms with Crippen molar-refractivity contribution >= 4 is 17.5 Å². The van der Waals surface area contributed by atoms with Crippen LogP contribution in [0, 0.1) is 6.92 Å². The Morgan fingerprint density at radius 1 is 1.26 bits per heavy atom. The van der Waals surface area contributed by atoms with Crippen molar-refractivity contribution in [1.82, 2.24) is 9.80 Å². The third-order valence-electron chi connectivity index (χ3n) is 4.90. The van der Waals surface area contributed by atoms with Crippen LogP contribution in [0.15, 0.2) is 24.3 Å². The number of nitrogens with one attached hydrogen (secondary N) is 1. The number of ether oxygens (including phenoxy) is 1. The van der Waals surface area contributed by atoms with E-state index in [0.29, 0.717) is 13.2 Å². The molecule has 0 spiro atoms. The first-order valence-electron chi connectivity index (χ1n) is 9.19. The molecule has 1 N–H and O–H groups in total. The van der Waals surface area contributed by atoms with Crippen LogP contribution < -0.4 is 5.32 Å². The molecule has 27 heavy (non-hydrogen) atoms. The van der Waals surface area contributed by atoms with Gasteiger partial charge in [-0.05, 0) is 24.6 Å². The largest absolute Gasteiger partial charge is 0.366 e. The Hall–Kier alpha value is -2.06. The van der Waals surface area contributed by atoms with Crippen LogP contribution in [0.3, 0.4) is 0 Å². The number of amides is 2. The average Bonchev–Trinajstić information content (AvgIpc) is 2.61. The molecule has 148 valence electrons. The Kier molecular flexibility index (Phi) is 6.06. The first kappa shape index (κ1) is 19.7. The molecular weight excluding hydrogens is 356 g/mol. The number of morpholine rings is 1. The van der Waals surface area contributed by atoms with Gasteiger partial charge in [0.05, 0.1) is 13.2 Å². The SMILES string of the molecule is Cc1cccc(NC(=O)CN2CCOC(C(=O)N3CCC(F)(F)CC3)C2)c1. The summed E-state index contributed by atoms with van der Waals surface area (Å²) in [6.45, 7) is 3.34. The lowest BCUT2D eigenvalue weighted by molar-refractivity contribution is -0.155. The standard InChI is InChI=1S/C19H25F2N3O3/c1-14-3-2-4-15(11-14)22-17(25)13-23-9-10-27-16(12-23)18(26)24-7-5-19(20,21)6-8-24/h2-4,11,16H,5-10,12-13H2,1H3,(H,22,25). The van der Waals surface area contributed by atoms with Crippen molar-refractivity contribution < 1.29 is 23.1 Å². The lowest BCUT2D eigenvalue weighted by Gasteiger charge is -2.37. The summed E-state index contributed by atoms with van der Waals surface area (Å²) in [5, 5.41) is 2.85. The maximum Gasteiger partial charge on any atom is 0.253 e. The number of carbonyl (C=O) groups excluding carboxylic acids is 2. The molecule has 1 atom stereocenters. The second-order valence-corrected chi connectivity index (χ2v) is 7.19. The van der Waals surface area contributed by atoms with Gasteiger partial charge >= 0.3 is 0 Å². The Bertz CT molecular complexity index is 689. The van der Waals surface area contributed by atoms with E-state index in [2.05, 4.69) is 5.32 Å². The molecule has 0 aliphatic carbocycles. The molecule has 2 saturated heterocycles. The summed E-state index contributed by atoms with van der Waals surface area (Å²) in [5.41, 5.74) is 1.78. The van der Waals surface area contributed by atoms with Crippen molar-refractivity contribution in [2.75, 3.05) is 44.6 Å². The second kappa shape index (κ2) is 8.31. The molecule has 2 aliphatic heterocycles. The minimum atomic E-state index is -2.69. The molecule has 6 nitrogen and oxygen atoms in total. The predicted octanol–water partition coefficient (Wildman–Crippen LogP) is 1.89. The average molecular weight is 381 g/mol. The van der Waals surface area contributed by atoms with Crippen molar-refractivity contribution in [3.63, 3.8) is 0 Å². The zero-order valence-electron chi connectivity index (χ0n) is 15.4. The minimum absolute atomic E-state index is 0.0412. The Morgan fingerprint density at radius 2 is 2.00 bits per heavy atom. The van der Waals surface area contributed by atoms with Gasteiger partial charge in [-0.3, -0.25) is 14.5 Å². The van der Waals surface area contributed by atoms with Gasteiger partial charge in [0.25, 0.3) is 11.8 Å². The fourth-order valence-electron chi connectivity index (χ4n) is 3.38. The summed E-state index contributed by atoms with van der Waals surface area (Å²) >= 11 is 0. The molecule has 1 unspecified atom stereocenters. The lowest BCUT2D eigenvalue weighted by Crippen LogP contribution is -2.54. The molecule has 0 bridgehead atoms. The molecule has 1 aromatic rings. The Balaban J connectivity index is 1.50. The fourth-order valence-corrected chi connectivity index (χ4v) is 3.38. The number of likely N-dealkylation sites (tertiary alicyclic amines) is 1. The molecule has 2 heterocycles. The monoisotopic (exact) mass is 381 g/mol. The first-order valence-corrected chi connectivity index (χ1v) is 9.19. The number of aryl methyl sites for hydroxylation is 1. The van der Waals surface area contributed by atoms with Crippen molar-refractivity contribution in [1.29, 1.82) is 0 Å². The van der Waals surface area contributed by atoms with Gasteiger partial charge in [-0.15, -0.1) is 0 Å². The van der Waals surface area contributed by atoms with Crippen LogP contribution in [0.4, 0.5) is 14.5 Å². The predicted molar refractivity (Wildman–Crippen MR) is 96.7 cm³/mol. The number of anilines is 1. The van der Waals surface area contributed by atoms with E-state index in [1.54, 1.807) is 0 Å². The van der Waals surface area contributed by atoms with E-state index in [1.165, 1.54) is 4.90 Å². The van der Waals surface area contributed by atoms with Gasteiger partial charge in [-0.2, -0.15) is 0 Å². The Labute approximate surface area is 157 Å². The van der Waals surface area contributed by atoms with E-state index in [9.17, 15) is 18.4 Å². The molecule has 2 aliphatic rings. The van der Waals surface area contributed by atoms with Gasteiger partial charge in [0.15, 0.2) is 0 Å². The van der Waals surface area contributed by atoms with Crippen LogP contribution in [0.2, 0.25) is 0 Å². The molecule has 0 saturated carbocycles. The molecule has 0 aromatic heterocycles. The number of halogens is 2. The van der Waals surface area contributed by atoms with E-state index in [4.69, 9.17) is 4.74 Å². The molecule has 3 rings (SSSR count). The van der Waals surface area contributed by atoms with Crippen molar-refractivity contribution in [3.8, 4) is 0 Å². The van der Waals surface area contributed by atoms with Crippen LogP contribution in [-0.2, 0) is 14.3 Å². The van der Waals surface area contributed by atoms with Gasteiger partial charge in [0.1, 0.15) is 6.10 Å². The van der Waals surface area contributed by atoms with E-state index in [1.807, 2.05) is 36.1 Å². The second-order valence-electron chi connectivity index (χ2n) is 7.19. The van der Waals surface area contributed by atoms with Crippen LogP contribution >= 0.6 is 0 Å². The van der Waals surface area contributed by atoms with Gasteiger partial charge in [0, 0.05) is 44.7 Å². The zero-order chi connectivity index (χ0) is 19.4. The van der Waals surface area contributed by atoms with E-state index in [-0.39, 0.29) is 50.8 Å². The summed E-state index contributed by atoms with van der Waals surface area (Å²) in [6, 6.07) is 7.53. The highest BCUT2D eigenvalue weighted by atomic mass is 19.3. The van der Waals surface area contributed by atoms with Crippen LogP contribution in [0.5, 0.6) is 0 Å². The van der Waals surface area contributed by atoms with E-state index in [0.717, 1.165) is 11.3 Å². The molecule has 1 aromatic carbocycles. The molecule has 0 radical (unpaired) electrons. The number of nitrogens with zero attached hydrogens (tertiary/aromatic N) is 2. The highest BCUT2D eigenvalue weighted by molar-refractivity contribution is 5.92.